The number of anilines is 1. The molecule has 0 aliphatic heterocycles. The maximum Gasteiger partial charge on any atom is 0.335 e. The molecule has 0 saturated heterocycles. The average molecular weight is 314 g/mol. The third-order valence-electron chi connectivity index (χ3n) is 2.22. The molecule has 1 amide bonds. The standard InChI is InChI=1S/C13H18N2O5S/c1-8(16)14-10-5-9(12(17)18)6-11(7-10)21(19,20)15-13(2,3)4/h5-7,15H,1-4H3,(H,14,16)(H,17,18). The summed E-state index contributed by atoms with van der Waals surface area (Å²) in [5.74, 6) is -1.71. The maximum atomic E-state index is 12.2. The van der Waals surface area contributed by atoms with Crippen LogP contribution in [0.15, 0.2) is 23.1 Å². The van der Waals surface area contributed by atoms with Crippen molar-refractivity contribution in [3.05, 3.63) is 23.8 Å². The molecule has 0 saturated carbocycles. The van der Waals surface area contributed by atoms with Gasteiger partial charge in [-0.25, -0.2) is 17.9 Å². The Morgan fingerprint density at radius 3 is 2.14 bits per heavy atom. The molecule has 3 N–H and O–H groups in total. The highest BCUT2D eigenvalue weighted by atomic mass is 32.2. The van der Waals surface area contributed by atoms with Crippen LogP contribution in [0.2, 0.25) is 0 Å². The highest BCUT2D eigenvalue weighted by Gasteiger charge is 2.23. The second kappa shape index (κ2) is 5.82. The van der Waals surface area contributed by atoms with Gasteiger partial charge in [-0.15, -0.1) is 0 Å². The first kappa shape index (κ1) is 17.1. The van der Waals surface area contributed by atoms with Gasteiger partial charge in [-0.1, -0.05) is 0 Å². The van der Waals surface area contributed by atoms with Gasteiger partial charge in [0.15, 0.2) is 0 Å². The smallest absolute Gasteiger partial charge is 0.335 e. The number of carboxylic acids is 1. The van der Waals surface area contributed by atoms with Gasteiger partial charge in [0, 0.05) is 18.2 Å². The zero-order chi connectivity index (χ0) is 16.4. The van der Waals surface area contributed by atoms with Crippen molar-refractivity contribution in [1.29, 1.82) is 0 Å². The summed E-state index contributed by atoms with van der Waals surface area (Å²) in [6.45, 7) is 6.25. The number of carboxylic acid groups (broad SMARTS) is 1. The van der Waals surface area contributed by atoms with E-state index in [9.17, 15) is 18.0 Å². The van der Waals surface area contributed by atoms with Gasteiger partial charge in [-0.05, 0) is 39.0 Å². The maximum absolute atomic E-state index is 12.2. The van der Waals surface area contributed by atoms with Crippen molar-refractivity contribution in [2.24, 2.45) is 0 Å². The first-order chi connectivity index (χ1) is 9.40. The number of carbonyl (C=O) groups is 2. The van der Waals surface area contributed by atoms with Crippen molar-refractivity contribution in [2.45, 2.75) is 38.1 Å². The van der Waals surface area contributed by atoms with Crippen LogP contribution in [0.1, 0.15) is 38.1 Å². The van der Waals surface area contributed by atoms with Crippen molar-refractivity contribution in [3.8, 4) is 0 Å². The van der Waals surface area contributed by atoms with Gasteiger partial charge < -0.3 is 10.4 Å². The first-order valence-electron chi connectivity index (χ1n) is 6.11. The van der Waals surface area contributed by atoms with Crippen LogP contribution >= 0.6 is 0 Å². The third-order valence-corrected chi connectivity index (χ3v) is 3.96. The fraction of sp³-hybridized carbons (Fsp3) is 0.385. The lowest BCUT2D eigenvalue weighted by atomic mass is 10.1. The van der Waals surface area contributed by atoms with Crippen molar-refractivity contribution >= 4 is 27.6 Å². The molecule has 0 unspecified atom stereocenters. The van der Waals surface area contributed by atoms with E-state index < -0.39 is 27.4 Å². The summed E-state index contributed by atoms with van der Waals surface area (Å²) in [6.07, 6.45) is 0. The van der Waals surface area contributed by atoms with Gasteiger partial charge >= 0.3 is 5.97 Å². The van der Waals surface area contributed by atoms with Crippen LogP contribution in [0.3, 0.4) is 0 Å². The summed E-state index contributed by atoms with van der Waals surface area (Å²) in [6, 6.07) is 3.45. The first-order valence-corrected chi connectivity index (χ1v) is 7.59. The molecule has 116 valence electrons. The SMILES string of the molecule is CC(=O)Nc1cc(C(=O)O)cc(S(=O)(=O)NC(C)(C)C)c1. The zero-order valence-corrected chi connectivity index (χ0v) is 13.0. The highest BCUT2D eigenvalue weighted by Crippen LogP contribution is 2.20. The molecule has 1 aromatic rings. The molecule has 0 atom stereocenters. The quantitative estimate of drug-likeness (QED) is 0.778. The summed E-state index contributed by atoms with van der Waals surface area (Å²) in [5.41, 5.74) is -0.834. The van der Waals surface area contributed by atoms with E-state index in [4.69, 9.17) is 5.11 Å². The predicted octanol–water partition coefficient (Wildman–Crippen LogP) is 1.42. The lowest BCUT2D eigenvalue weighted by molar-refractivity contribution is -0.114. The van der Waals surface area contributed by atoms with Crippen LogP contribution in [-0.2, 0) is 14.8 Å². The van der Waals surface area contributed by atoms with Gasteiger partial charge in [0.05, 0.1) is 10.5 Å². The molecule has 1 aromatic carbocycles. The van der Waals surface area contributed by atoms with Gasteiger partial charge in [-0.2, -0.15) is 0 Å². The molecule has 7 nitrogen and oxygen atoms in total. The summed E-state index contributed by atoms with van der Waals surface area (Å²) in [7, 11) is -3.90. The van der Waals surface area contributed by atoms with Gasteiger partial charge in [-0.3, -0.25) is 4.79 Å². The average Bonchev–Trinajstić information content (AvgIpc) is 2.24. The molecule has 0 radical (unpaired) electrons. The second-order valence-corrected chi connectivity index (χ2v) is 7.27. The van der Waals surface area contributed by atoms with Crippen LogP contribution in [0.25, 0.3) is 0 Å². The minimum atomic E-state index is -3.90. The number of hydrogen-bond donors (Lipinski definition) is 3. The van der Waals surface area contributed by atoms with Crippen molar-refractivity contribution in [2.75, 3.05) is 5.32 Å². The van der Waals surface area contributed by atoms with E-state index >= 15 is 0 Å². The molecule has 0 heterocycles. The molecule has 0 spiro atoms. The Morgan fingerprint density at radius 1 is 1.14 bits per heavy atom. The number of nitrogens with one attached hydrogen (secondary N) is 2. The number of aromatic carboxylic acids is 1. The van der Waals surface area contributed by atoms with E-state index in [-0.39, 0.29) is 16.1 Å². The second-order valence-electron chi connectivity index (χ2n) is 5.59. The molecule has 0 aromatic heterocycles. The topological polar surface area (TPSA) is 113 Å². The molecule has 0 fully saturated rings. The van der Waals surface area contributed by atoms with Gasteiger partial charge in [0.25, 0.3) is 0 Å². The van der Waals surface area contributed by atoms with Crippen LogP contribution in [0, 0.1) is 0 Å². The van der Waals surface area contributed by atoms with E-state index in [2.05, 4.69) is 10.0 Å². The molecular weight excluding hydrogens is 296 g/mol. The zero-order valence-electron chi connectivity index (χ0n) is 12.2. The van der Waals surface area contributed by atoms with E-state index in [1.807, 2.05) is 0 Å². The fourth-order valence-corrected chi connectivity index (χ4v) is 3.10. The monoisotopic (exact) mass is 314 g/mol. The van der Waals surface area contributed by atoms with E-state index in [1.165, 1.54) is 19.1 Å². The largest absolute Gasteiger partial charge is 0.478 e. The van der Waals surface area contributed by atoms with E-state index in [1.54, 1.807) is 20.8 Å². The van der Waals surface area contributed by atoms with Crippen LogP contribution in [0.5, 0.6) is 0 Å². The lowest BCUT2D eigenvalue weighted by Crippen LogP contribution is -2.40. The number of benzene rings is 1. The minimum Gasteiger partial charge on any atom is -0.478 e. The van der Waals surface area contributed by atoms with Crippen molar-refractivity contribution in [3.63, 3.8) is 0 Å². The molecule has 1 rings (SSSR count). The fourth-order valence-electron chi connectivity index (χ4n) is 1.62. The van der Waals surface area contributed by atoms with Crippen molar-refractivity contribution < 1.29 is 23.1 Å². The molecule has 21 heavy (non-hydrogen) atoms. The lowest BCUT2D eigenvalue weighted by Gasteiger charge is -2.20. The summed E-state index contributed by atoms with van der Waals surface area (Å²) in [5, 5.41) is 11.4. The normalized spacial score (nSPS) is 12.0. The van der Waals surface area contributed by atoms with Crippen LogP contribution in [0.4, 0.5) is 5.69 Å². The van der Waals surface area contributed by atoms with Gasteiger partial charge in [0.1, 0.15) is 0 Å². The summed E-state index contributed by atoms with van der Waals surface area (Å²) >= 11 is 0. The Balaban J connectivity index is 3.38. The minimum absolute atomic E-state index is 0.108. The number of carbonyl (C=O) groups excluding carboxylic acids is 1. The third kappa shape index (κ3) is 5.16. The van der Waals surface area contributed by atoms with Crippen LogP contribution < -0.4 is 10.0 Å². The molecule has 8 heteroatoms. The van der Waals surface area contributed by atoms with Crippen LogP contribution in [-0.4, -0.2) is 30.9 Å². The molecule has 0 aliphatic carbocycles. The number of rotatable bonds is 4. The number of amides is 1. The summed E-state index contributed by atoms with van der Waals surface area (Å²) in [4.78, 5) is 21.9. The molecule has 0 aliphatic rings. The Kier molecular flexibility index (Phi) is 4.75. The van der Waals surface area contributed by atoms with Crippen molar-refractivity contribution in [1.82, 2.24) is 4.72 Å². The Labute approximate surface area is 123 Å². The summed E-state index contributed by atoms with van der Waals surface area (Å²) < 4.78 is 26.9. The molecular formula is C13H18N2O5S. The number of hydrogen-bond acceptors (Lipinski definition) is 4. The Hall–Kier alpha value is -1.93. The molecule has 0 bridgehead atoms. The van der Waals surface area contributed by atoms with Gasteiger partial charge in [0.2, 0.25) is 15.9 Å². The number of sulfonamides is 1. The van der Waals surface area contributed by atoms with E-state index in [0.29, 0.717) is 0 Å². The highest BCUT2D eigenvalue weighted by molar-refractivity contribution is 7.89. The Morgan fingerprint density at radius 2 is 1.71 bits per heavy atom. The van der Waals surface area contributed by atoms with E-state index in [0.717, 1.165) is 6.07 Å². The Bertz CT molecular complexity index is 674. The predicted molar refractivity (Wildman–Crippen MR) is 77.8 cm³/mol.